The number of aliphatic hydroxyl groups is 1. The van der Waals surface area contributed by atoms with Crippen LogP contribution in [0, 0.1) is 0 Å². The molecule has 15 heavy (non-hydrogen) atoms. The summed E-state index contributed by atoms with van der Waals surface area (Å²) in [6.45, 7) is 5.55. The van der Waals surface area contributed by atoms with Gasteiger partial charge in [0.05, 0.1) is 25.2 Å². The average molecular weight is 217 g/mol. The summed E-state index contributed by atoms with van der Waals surface area (Å²) in [5, 5.41) is 18.1. The SMILES string of the molecule is CC(O)C(C)N1CCOC(CC(=O)O)C1. The number of carboxylic acids is 1. The molecule has 2 N–H and O–H groups in total. The third-order valence-electron chi connectivity index (χ3n) is 2.85. The van der Waals surface area contributed by atoms with Crippen molar-refractivity contribution in [1.29, 1.82) is 0 Å². The monoisotopic (exact) mass is 217 g/mol. The molecule has 88 valence electrons. The maximum atomic E-state index is 10.5. The highest BCUT2D eigenvalue weighted by molar-refractivity contribution is 5.67. The van der Waals surface area contributed by atoms with Gasteiger partial charge in [0.25, 0.3) is 0 Å². The molecule has 1 fully saturated rings. The minimum atomic E-state index is -0.841. The highest BCUT2D eigenvalue weighted by Gasteiger charge is 2.27. The fourth-order valence-corrected chi connectivity index (χ4v) is 1.74. The van der Waals surface area contributed by atoms with E-state index in [0.29, 0.717) is 13.2 Å². The molecule has 0 amide bonds. The number of carbonyl (C=O) groups is 1. The summed E-state index contributed by atoms with van der Waals surface area (Å²) >= 11 is 0. The molecule has 0 bridgehead atoms. The van der Waals surface area contributed by atoms with Gasteiger partial charge in [-0.05, 0) is 13.8 Å². The highest BCUT2D eigenvalue weighted by atomic mass is 16.5. The predicted molar refractivity (Wildman–Crippen MR) is 54.7 cm³/mol. The molecule has 1 saturated heterocycles. The quantitative estimate of drug-likeness (QED) is 0.690. The van der Waals surface area contributed by atoms with E-state index < -0.39 is 12.1 Å². The largest absolute Gasteiger partial charge is 0.481 e. The predicted octanol–water partition coefficient (Wildman–Crippen LogP) is -0.0688. The summed E-state index contributed by atoms with van der Waals surface area (Å²) in [5.41, 5.74) is 0. The van der Waals surface area contributed by atoms with Crippen molar-refractivity contribution < 1.29 is 19.7 Å². The standard InChI is InChI=1S/C10H19NO4/c1-7(8(2)12)11-3-4-15-9(6-11)5-10(13)14/h7-9,12H,3-6H2,1-2H3,(H,13,14). The molecular weight excluding hydrogens is 198 g/mol. The highest BCUT2D eigenvalue weighted by Crippen LogP contribution is 2.13. The molecule has 1 rings (SSSR count). The first-order valence-electron chi connectivity index (χ1n) is 5.26. The van der Waals surface area contributed by atoms with Crippen molar-refractivity contribution in [2.45, 2.75) is 38.5 Å². The van der Waals surface area contributed by atoms with Gasteiger partial charge in [-0.1, -0.05) is 0 Å². The van der Waals surface area contributed by atoms with Crippen LogP contribution in [0.2, 0.25) is 0 Å². The normalized spacial score (nSPS) is 27.3. The Balaban J connectivity index is 2.44. The fourth-order valence-electron chi connectivity index (χ4n) is 1.74. The second kappa shape index (κ2) is 5.44. The van der Waals surface area contributed by atoms with Gasteiger partial charge in [0.15, 0.2) is 0 Å². The molecule has 3 unspecified atom stereocenters. The number of aliphatic carboxylic acids is 1. The topological polar surface area (TPSA) is 70.0 Å². The Labute approximate surface area is 89.6 Å². The molecule has 1 aliphatic heterocycles. The number of nitrogens with zero attached hydrogens (tertiary/aromatic N) is 1. The lowest BCUT2D eigenvalue weighted by Gasteiger charge is -2.37. The molecule has 3 atom stereocenters. The zero-order valence-electron chi connectivity index (χ0n) is 9.22. The van der Waals surface area contributed by atoms with Gasteiger partial charge < -0.3 is 14.9 Å². The molecule has 0 radical (unpaired) electrons. The molecular formula is C10H19NO4. The average Bonchev–Trinajstić information content (AvgIpc) is 2.16. The van der Waals surface area contributed by atoms with E-state index in [0.717, 1.165) is 6.54 Å². The Bertz CT molecular complexity index is 219. The molecule has 0 aliphatic carbocycles. The summed E-state index contributed by atoms with van der Waals surface area (Å²) in [6, 6.07) is 0.0465. The number of aliphatic hydroxyl groups excluding tert-OH is 1. The number of carboxylic acid groups (broad SMARTS) is 1. The fraction of sp³-hybridized carbons (Fsp3) is 0.900. The zero-order valence-corrected chi connectivity index (χ0v) is 9.22. The lowest BCUT2D eigenvalue weighted by Crippen LogP contribution is -2.50. The van der Waals surface area contributed by atoms with Gasteiger partial charge in [0.2, 0.25) is 0 Å². The lowest BCUT2D eigenvalue weighted by molar-refractivity contribution is -0.143. The molecule has 0 aromatic heterocycles. The van der Waals surface area contributed by atoms with Crippen molar-refractivity contribution >= 4 is 5.97 Å². The molecule has 0 saturated carbocycles. The molecule has 5 heteroatoms. The van der Waals surface area contributed by atoms with Gasteiger partial charge in [-0.15, -0.1) is 0 Å². The van der Waals surface area contributed by atoms with E-state index in [4.69, 9.17) is 9.84 Å². The number of hydrogen-bond acceptors (Lipinski definition) is 4. The minimum absolute atomic E-state index is 0.0308. The molecule has 5 nitrogen and oxygen atoms in total. The van der Waals surface area contributed by atoms with E-state index in [1.165, 1.54) is 0 Å². The molecule has 0 aromatic carbocycles. The van der Waals surface area contributed by atoms with Crippen molar-refractivity contribution in [3.05, 3.63) is 0 Å². The lowest BCUT2D eigenvalue weighted by atomic mass is 10.1. The van der Waals surface area contributed by atoms with Crippen molar-refractivity contribution in [2.24, 2.45) is 0 Å². The van der Waals surface area contributed by atoms with Crippen molar-refractivity contribution in [3.8, 4) is 0 Å². The van der Waals surface area contributed by atoms with Gasteiger partial charge in [-0.2, -0.15) is 0 Å². The zero-order chi connectivity index (χ0) is 11.4. The first kappa shape index (κ1) is 12.4. The summed E-state index contributed by atoms with van der Waals surface area (Å²) in [5.74, 6) is -0.841. The van der Waals surface area contributed by atoms with Crippen LogP contribution < -0.4 is 0 Å². The van der Waals surface area contributed by atoms with Gasteiger partial charge in [-0.25, -0.2) is 0 Å². The number of morpholine rings is 1. The Morgan fingerprint density at radius 1 is 1.60 bits per heavy atom. The van der Waals surface area contributed by atoms with Crippen LogP contribution >= 0.6 is 0 Å². The second-order valence-electron chi connectivity index (χ2n) is 4.07. The van der Waals surface area contributed by atoms with Gasteiger partial charge in [0.1, 0.15) is 0 Å². The minimum Gasteiger partial charge on any atom is -0.481 e. The van der Waals surface area contributed by atoms with E-state index in [-0.39, 0.29) is 18.6 Å². The van der Waals surface area contributed by atoms with Crippen molar-refractivity contribution in [2.75, 3.05) is 19.7 Å². The van der Waals surface area contributed by atoms with Gasteiger partial charge >= 0.3 is 5.97 Å². The van der Waals surface area contributed by atoms with E-state index in [2.05, 4.69) is 4.90 Å². The van der Waals surface area contributed by atoms with Gasteiger partial charge in [-0.3, -0.25) is 9.69 Å². The first-order chi connectivity index (χ1) is 7.00. The van der Waals surface area contributed by atoms with E-state index in [1.54, 1.807) is 6.92 Å². The molecule has 1 aliphatic rings. The van der Waals surface area contributed by atoms with E-state index in [9.17, 15) is 9.90 Å². The summed E-state index contributed by atoms with van der Waals surface area (Å²) in [7, 11) is 0. The van der Waals surface area contributed by atoms with Crippen LogP contribution in [0.15, 0.2) is 0 Å². The first-order valence-corrected chi connectivity index (χ1v) is 5.26. The van der Waals surface area contributed by atoms with Crippen LogP contribution in [0.3, 0.4) is 0 Å². The summed E-state index contributed by atoms with van der Waals surface area (Å²) in [4.78, 5) is 12.6. The van der Waals surface area contributed by atoms with Crippen molar-refractivity contribution in [1.82, 2.24) is 4.90 Å². The Morgan fingerprint density at radius 2 is 2.27 bits per heavy atom. The third-order valence-corrected chi connectivity index (χ3v) is 2.85. The Hall–Kier alpha value is -0.650. The van der Waals surface area contributed by atoms with Crippen LogP contribution in [-0.2, 0) is 9.53 Å². The Morgan fingerprint density at radius 3 is 2.80 bits per heavy atom. The maximum Gasteiger partial charge on any atom is 0.306 e. The third kappa shape index (κ3) is 3.77. The number of ether oxygens (including phenoxy) is 1. The molecule has 1 heterocycles. The number of rotatable bonds is 4. The van der Waals surface area contributed by atoms with Crippen LogP contribution in [0.1, 0.15) is 20.3 Å². The van der Waals surface area contributed by atoms with Crippen LogP contribution in [0.4, 0.5) is 0 Å². The molecule has 0 aromatic rings. The van der Waals surface area contributed by atoms with Crippen LogP contribution in [0.5, 0.6) is 0 Å². The van der Waals surface area contributed by atoms with Gasteiger partial charge in [0, 0.05) is 19.1 Å². The Kier molecular flexibility index (Phi) is 4.50. The van der Waals surface area contributed by atoms with Crippen molar-refractivity contribution in [3.63, 3.8) is 0 Å². The second-order valence-corrected chi connectivity index (χ2v) is 4.07. The smallest absolute Gasteiger partial charge is 0.306 e. The summed E-state index contributed by atoms with van der Waals surface area (Å²) in [6.07, 6.45) is -0.630. The van der Waals surface area contributed by atoms with Crippen LogP contribution in [0.25, 0.3) is 0 Å². The number of hydrogen-bond donors (Lipinski definition) is 2. The van der Waals surface area contributed by atoms with Crippen LogP contribution in [-0.4, -0.2) is 59.0 Å². The summed E-state index contributed by atoms with van der Waals surface area (Å²) < 4.78 is 5.34. The van der Waals surface area contributed by atoms with E-state index in [1.807, 2.05) is 6.92 Å². The maximum absolute atomic E-state index is 10.5. The molecule has 0 spiro atoms. The van der Waals surface area contributed by atoms with E-state index >= 15 is 0 Å².